The molecule has 0 unspecified atom stereocenters. The summed E-state index contributed by atoms with van der Waals surface area (Å²) in [6, 6.07) is 11.3. The third-order valence-corrected chi connectivity index (χ3v) is 3.41. The summed E-state index contributed by atoms with van der Waals surface area (Å²) in [7, 11) is 0. The lowest BCUT2D eigenvalue weighted by atomic mass is 10.0. The SMILES string of the molecule is Cc1cc(F)cc(-c2ccc(CNC(C)C)cc2Cl)c1. The van der Waals surface area contributed by atoms with E-state index in [9.17, 15) is 4.39 Å². The molecule has 0 aliphatic rings. The number of benzene rings is 2. The van der Waals surface area contributed by atoms with Gasteiger partial charge in [0, 0.05) is 23.2 Å². The summed E-state index contributed by atoms with van der Waals surface area (Å²) in [5.74, 6) is -0.235. The molecule has 2 aromatic rings. The van der Waals surface area contributed by atoms with Crippen LogP contribution < -0.4 is 5.32 Å². The highest BCUT2D eigenvalue weighted by atomic mass is 35.5. The monoisotopic (exact) mass is 291 g/mol. The summed E-state index contributed by atoms with van der Waals surface area (Å²) in [5.41, 5.74) is 3.70. The molecule has 3 heteroatoms. The molecule has 0 spiro atoms. The van der Waals surface area contributed by atoms with Gasteiger partial charge < -0.3 is 5.32 Å². The molecule has 0 saturated carbocycles. The van der Waals surface area contributed by atoms with E-state index in [-0.39, 0.29) is 5.82 Å². The predicted molar refractivity (Wildman–Crippen MR) is 83.6 cm³/mol. The first-order valence-electron chi connectivity index (χ1n) is 6.75. The van der Waals surface area contributed by atoms with Crippen molar-refractivity contribution < 1.29 is 4.39 Å². The molecule has 1 N–H and O–H groups in total. The zero-order valence-corrected chi connectivity index (χ0v) is 12.8. The van der Waals surface area contributed by atoms with E-state index in [4.69, 9.17) is 11.6 Å². The van der Waals surface area contributed by atoms with Crippen molar-refractivity contribution in [1.82, 2.24) is 5.32 Å². The summed E-state index contributed by atoms with van der Waals surface area (Å²) in [4.78, 5) is 0. The van der Waals surface area contributed by atoms with Crippen molar-refractivity contribution in [2.24, 2.45) is 0 Å². The summed E-state index contributed by atoms with van der Waals surface area (Å²) in [5, 5.41) is 4.00. The van der Waals surface area contributed by atoms with E-state index in [1.54, 1.807) is 0 Å². The molecular formula is C17H19ClFN. The van der Waals surface area contributed by atoms with Gasteiger partial charge in [0.25, 0.3) is 0 Å². The highest BCUT2D eigenvalue weighted by molar-refractivity contribution is 6.33. The lowest BCUT2D eigenvalue weighted by molar-refractivity contribution is 0.589. The van der Waals surface area contributed by atoms with Crippen molar-refractivity contribution in [1.29, 1.82) is 0 Å². The molecule has 20 heavy (non-hydrogen) atoms. The van der Waals surface area contributed by atoms with Crippen molar-refractivity contribution in [3.8, 4) is 11.1 Å². The van der Waals surface area contributed by atoms with Crippen LogP contribution in [0.5, 0.6) is 0 Å². The molecule has 0 bridgehead atoms. The molecular weight excluding hydrogens is 273 g/mol. The Labute approximate surface area is 124 Å². The van der Waals surface area contributed by atoms with Crippen LogP contribution in [0.15, 0.2) is 36.4 Å². The van der Waals surface area contributed by atoms with Crippen LogP contribution >= 0.6 is 11.6 Å². The van der Waals surface area contributed by atoms with Crippen LogP contribution in [0.2, 0.25) is 5.02 Å². The van der Waals surface area contributed by atoms with Crippen LogP contribution in [0.4, 0.5) is 4.39 Å². The van der Waals surface area contributed by atoms with E-state index < -0.39 is 0 Å². The first-order chi connectivity index (χ1) is 9.45. The van der Waals surface area contributed by atoms with E-state index in [0.29, 0.717) is 11.1 Å². The van der Waals surface area contributed by atoms with Crippen molar-refractivity contribution in [3.63, 3.8) is 0 Å². The van der Waals surface area contributed by atoms with E-state index in [1.165, 1.54) is 12.1 Å². The third kappa shape index (κ3) is 3.81. The minimum absolute atomic E-state index is 0.235. The maximum absolute atomic E-state index is 13.5. The number of hydrogen-bond donors (Lipinski definition) is 1. The minimum Gasteiger partial charge on any atom is -0.310 e. The Balaban J connectivity index is 2.29. The molecule has 0 aliphatic heterocycles. The molecule has 0 saturated heterocycles. The Morgan fingerprint density at radius 2 is 1.90 bits per heavy atom. The molecule has 1 nitrogen and oxygen atoms in total. The Kier molecular flexibility index (Phi) is 4.79. The minimum atomic E-state index is -0.235. The molecule has 0 aliphatic carbocycles. The first kappa shape index (κ1) is 15.0. The maximum Gasteiger partial charge on any atom is 0.124 e. The molecule has 106 valence electrons. The molecule has 0 aromatic heterocycles. The number of nitrogens with one attached hydrogen (secondary N) is 1. The third-order valence-electron chi connectivity index (χ3n) is 3.10. The van der Waals surface area contributed by atoms with Crippen molar-refractivity contribution in [3.05, 3.63) is 58.4 Å². The second kappa shape index (κ2) is 6.38. The molecule has 0 atom stereocenters. The van der Waals surface area contributed by atoms with E-state index in [0.717, 1.165) is 28.8 Å². The van der Waals surface area contributed by atoms with Gasteiger partial charge in [0.1, 0.15) is 5.82 Å². The van der Waals surface area contributed by atoms with Gasteiger partial charge >= 0.3 is 0 Å². The van der Waals surface area contributed by atoms with Crippen LogP contribution in [0, 0.1) is 12.7 Å². The largest absolute Gasteiger partial charge is 0.310 e. The Morgan fingerprint density at radius 1 is 1.15 bits per heavy atom. The van der Waals surface area contributed by atoms with Gasteiger partial charge in [-0.3, -0.25) is 0 Å². The fourth-order valence-corrected chi connectivity index (χ4v) is 2.43. The summed E-state index contributed by atoms with van der Waals surface area (Å²) in [6.07, 6.45) is 0. The van der Waals surface area contributed by atoms with Gasteiger partial charge in [-0.25, -0.2) is 4.39 Å². The quantitative estimate of drug-likeness (QED) is 0.840. The van der Waals surface area contributed by atoms with Gasteiger partial charge in [0.05, 0.1) is 0 Å². The number of rotatable bonds is 4. The van der Waals surface area contributed by atoms with Crippen LogP contribution in [0.1, 0.15) is 25.0 Å². The van der Waals surface area contributed by atoms with E-state index in [1.807, 2.05) is 31.2 Å². The molecule has 0 radical (unpaired) electrons. The number of hydrogen-bond acceptors (Lipinski definition) is 1. The zero-order valence-electron chi connectivity index (χ0n) is 12.0. The smallest absolute Gasteiger partial charge is 0.124 e. The Hall–Kier alpha value is -1.38. The normalized spacial score (nSPS) is 11.1. The summed E-state index contributed by atoms with van der Waals surface area (Å²) in [6.45, 7) is 6.86. The summed E-state index contributed by atoms with van der Waals surface area (Å²) >= 11 is 6.33. The lowest BCUT2D eigenvalue weighted by Gasteiger charge is -2.11. The lowest BCUT2D eigenvalue weighted by Crippen LogP contribution is -2.21. The van der Waals surface area contributed by atoms with E-state index >= 15 is 0 Å². The van der Waals surface area contributed by atoms with Gasteiger partial charge in [0.15, 0.2) is 0 Å². The molecule has 0 heterocycles. The second-order valence-electron chi connectivity index (χ2n) is 5.37. The van der Waals surface area contributed by atoms with Crippen molar-refractivity contribution in [2.45, 2.75) is 33.4 Å². The predicted octanol–water partition coefficient (Wildman–Crippen LogP) is 4.95. The topological polar surface area (TPSA) is 12.0 Å². The molecule has 0 amide bonds. The van der Waals surface area contributed by atoms with Crippen molar-refractivity contribution >= 4 is 11.6 Å². The van der Waals surface area contributed by atoms with Crippen molar-refractivity contribution in [2.75, 3.05) is 0 Å². The van der Waals surface area contributed by atoms with Crippen LogP contribution in [-0.4, -0.2) is 6.04 Å². The zero-order chi connectivity index (χ0) is 14.7. The maximum atomic E-state index is 13.5. The number of aryl methyl sites for hydroxylation is 1. The average molecular weight is 292 g/mol. The van der Waals surface area contributed by atoms with Crippen LogP contribution in [0.3, 0.4) is 0 Å². The standard InChI is InChI=1S/C17H19ClFN/c1-11(2)20-10-13-4-5-16(17(18)8-13)14-6-12(3)7-15(19)9-14/h4-9,11,20H,10H2,1-3H3. The highest BCUT2D eigenvalue weighted by Crippen LogP contribution is 2.30. The summed E-state index contributed by atoms with van der Waals surface area (Å²) < 4.78 is 13.5. The van der Waals surface area contributed by atoms with Gasteiger partial charge in [-0.2, -0.15) is 0 Å². The van der Waals surface area contributed by atoms with Gasteiger partial charge in [0.2, 0.25) is 0 Å². The second-order valence-corrected chi connectivity index (χ2v) is 5.77. The fraction of sp³-hybridized carbons (Fsp3) is 0.294. The van der Waals surface area contributed by atoms with Gasteiger partial charge in [-0.1, -0.05) is 43.6 Å². The molecule has 2 rings (SSSR count). The van der Waals surface area contributed by atoms with Crippen LogP contribution in [0.25, 0.3) is 11.1 Å². The van der Waals surface area contributed by atoms with Gasteiger partial charge in [-0.05, 0) is 41.8 Å². The van der Waals surface area contributed by atoms with E-state index in [2.05, 4.69) is 19.2 Å². The Bertz CT molecular complexity index is 588. The van der Waals surface area contributed by atoms with Crippen LogP contribution in [-0.2, 0) is 6.54 Å². The molecule has 2 aromatic carbocycles. The fourth-order valence-electron chi connectivity index (χ4n) is 2.12. The highest BCUT2D eigenvalue weighted by Gasteiger charge is 2.07. The Morgan fingerprint density at radius 3 is 2.50 bits per heavy atom. The first-order valence-corrected chi connectivity index (χ1v) is 7.13. The number of halogens is 2. The van der Waals surface area contributed by atoms with Gasteiger partial charge in [-0.15, -0.1) is 0 Å². The molecule has 0 fully saturated rings. The average Bonchev–Trinajstić information content (AvgIpc) is 2.35.